The summed E-state index contributed by atoms with van der Waals surface area (Å²) in [5, 5.41) is 23.8. The van der Waals surface area contributed by atoms with Gasteiger partial charge in [0.05, 0.1) is 21.4 Å². The molecule has 0 aliphatic carbocycles. The fourth-order valence-electron chi connectivity index (χ4n) is 3.67. The number of hydrogen-bond donors (Lipinski definition) is 1. The number of anilines is 1. The van der Waals surface area contributed by atoms with Crippen molar-refractivity contribution in [1.82, 2.24) is 4.98 Å². The maximum Gasteiger partial charge on any atom is 0.269 e. The van der Waals surface area contributed by atoms with E-state index >= 15 is 0 Å². The first-order chi connectivity index (χ1) is 17.4. The summed E-state index contributed by atoms with van der Waals surface area (Å²) >= 11 is 1.20. The molecule has 1 atom stereocenters. The Morgan fingerprint density at radius 2 is 1.67 bits per heavy atom. The second kappa shape index (κ2) is 10.8. The highest BCUT2D eigenvalue weighted by Crippen LogP contribution is 2.36. The molecule has 0 saturated carbocycles. The van der Waals surface area contributed by atoms with Crippen LogP contribution in [-0.2, 0) is 4.79 Å². The van der Waals surface area contributed by atoms with Crippen molar-refractivity contribution >= 4 is 29.0 Å². The third kappa shape index (κ3) is 5.43. The Kier molecular flexibility index (Phi) is 7.42. The number of carbonyl (C=O) groups is 1. The molecule has 0 fully saturated rings. The van der Waals surface area contributed by atoms with Crippen LogP contribution in [0.1, 0.15) is 18.1 Å². The van der Waals surface area contributed by atoms with Gasteiger partial charge in [0.15, 0.2) is 0 Å². The quantitative estimate of drug-likeness (QED) is 0.176. The minimum absolute atomic E-state index is 0.0399. The van der Waals surface area contributed by atoms with Crippen LogP contribution < -0.4 is 5.32 Å². The molecule has 1 amide bonds. The van der Waals surface area contributed by atoms with Crippen molar-refractivity contribution in [2.45, 2.75) is 24.1 Å². The van der Waals surface area contributed by atoms with Crippen molar-refractivity contribution in [3.8, 4) is 28.5 Å². The molecule has 4 aromatic rings. The number of nitrogens with one attached hydrogen (secondary N) is 1. The summed E-state index contributed by atoms with van der Waals surface area (Å²) in [4.78, 5) is 28.3. The second-order valence-corrected chi connectivity index (χ2v) is 9.41. The van der Waals surface area contributed by atoms with Crippen molar-refractivity contribution in [3.05, 3.63) is 106 Å². The van der Waals surface area contributed by atoms with Gasteiger partial charge in [0.2, 0.25) is 5.91 Å². The molecule has 7 nitrogen and oxygen atoms in total. The molecule has 0 unspecified atom stereocenters. The first-order valence-electron chi connectivity index (χ1n) is 11.2. The standard InChI is InChI=1S/C28H22N4O3S/c1-18-15-22(32(34)35)13-14-25(18)30-27(33)19(2)36-28-24(17-29)23(20-9-5-3-6-10-20)16-26(31-28)21-11-7-4-8-12-21/h3-16,19H,1-2H3,(H,30,33)/t19-/m0/s1. The van der Waals surface area contributed by atoms with Gasteiger partial charge in [-0.25, -0.2) is 4.98 Å². The van der Waals surface area contributed by atoms with Gasteiger partial charge in [-0.1, -0.05) is 72.4 Å². The maximum atomic E-state index is 13.0. The molecule has 36 heavy (non-hydrogen) atoms. The largest absolute Gasteiger partial charge is 0.325 e. The minimum Gasteiger partial charge on any atom is -0.325 e. The molecule has 0 spiro atoms. The van der Waals surface area contributed by atoms with Crippen LogP contribution in [0.15, 0.2) is 90.0 Å². The molecule has 0 saturated heterocycles. The summed E-state index contributed by atoms with van der Waals surface area (Å²) in [6.45, 7) is 3.44. The molecule has 1 N–H and O–H groups in total. The summed E-state index contributed by atoms with van der Waals surface area (Å²) in [5.41, 5.74) is 4.67. The Bertz CT molecular complexity index is 1470. The highest BCUT2D eigenvalue weighted by Gasteiger charge is 2.22. The lowest BCUT2D eigenvalue weighted by atomic mass is 9.99. The lowest BCUT2D eigenvalue weighted by Gasteiger charge is -2.16. The Morgan fingerprint density at radius 3 is 2.25 bits per heavy atom. The smallest absolute Gasteiger partial charge is 0.269 e. The van der Waals surface area contributed by atoms with E-state index in [-0.39, 0.29) is 11.6 Å². The van der Waals surface area contributed by atoms with E-state index in [0.29, 0.717) is 27.5 Å². The monoisotopic (exact) mass is 494 g/mol. The molecule has 0 aliphatic rings. The van der Waals surface area contributed by atoms with Gasteiger partial charge >= 0.3 is 0 Å². The zero-order chi connectivity index (χ0) is 25.7. The van der Waals surface area contributed by atoms with E-state index in [1.54, 1.807) is 13.8 Å². The van der Waals surface area contributed by atoms with Crippen LogP contribution in [-0.4, -0.2) is 21.1 Å². The second-order valence-electron chi connectivity index (χ2n) is 8.08. The molecule has 1 aromatic heterocycles. The van der Waals surface area contributed by atoms with E-state index < -0.39 is 10.2 Å². The van der Waals surface area contributed by atoms with Crippen LogP contribution in [0.2, 0.25) is 0 Å². The number of non-ortho nitro benzene ring substituents is 1. The zero-order valence-electron chi connectivity index (χ0n) is 19.6. The van der Waals surface area contributed by atoms with Gasteiger partial charge in [0.1, 0.15) is 11.1 Å². The van der Waals surface area contributed by atoms with E-state index in [2.05, 4.69) is 11.4 Å². The molecule has 8 heteroatoms. The zero-order valence-corrected chi connectivity index (χ0v) is 20.5. The van der Waals surface area contributed by atoms with Crippen molar-refractivity contribution in [2.24, 2.45) is 0 Å². The van der Waals surface area contributed by atoms with E-state index in [0.717, 1.165) is 16.7 Å². The molecular formula is C28H22N4O3S. The fourth-order valence-corrected chi connectivity index (χ4v) is 4.60. The van der Waals surface area contributed by atoms with Gasteiger partial charge in [0, 0.05) is 28.9 Å². The Labute approximate surface area is 213 Å². The Hall–Kier alpha value is -4.48. The van der Waals surface area contributed by atoms with Gasteiger partial charge in [-0.15, -0.1) is 0 Å². The topological polar surface area (TPSA) is 109 Å². The van der Waals surface area contributed by atoms with Crippen LogP contribution in [0.5, 0.6) is 0 Å². The first-order valence-corrected chi connectivity index (χ1v) is 12.0. The molecule has 4 rings (SSSR count). The summed E-state index contributed by atoms with van der Waals surface area (Å²) in [5.74, 6) is -0.297. The summed E-state index contributed by atoms with van der Waals surface area (Å²) < 4.78 is 0. The van der Waals surface area contributed by atoms with Crippen molar-refractivity contribution in [1.29, 1.82) is 5.26 Å². The van der Waals surface area contributed by atoms with Gasteiger partial charge in [-0.2, -0.15) is 5.26 Å². The van der Waals surface area contributed by atoms with E-state index in [1.807, 2.05) is 66.7 Å². The van der Waals surface area contributed by atoms with Crippen molar-refractivity contribution < 1.29 is 9.72 Å². The summed E-state index contributed by atoms with van der Waals surface area (Å²) in [6.07, 6.45) is 0. The lowest BCUT2D eigenvalue weighted by Crippen LogP contribution is -2.23. The average molecular weight is 495 g/mol. The number of rotatable bonds is 7. The number of pyridine rings is 1. The molecule has 0 bridgehead atoms. The predicted octanol–water partition coefficient (Wildman–Crippen LogP) is 6.62. The number of benzene rings is 3. The van der Waals surface area contributed by atoms with Gasteiger partial charge < -0.3 is 5.32 Å². The minimum atomic E-state index is -0.589. The van der Waals surface area contributed by atoms with Gasteiger partial charge in [-0.05, 0) is 37.1 Å². The fraction of sp³-hybridized carbons (Fsp3) is 0.107. The van der Waals surface area contributed by atoms with E-state index in [1.165, 1.54) is 30.0 Å². The number of aromatic nitrogens is 1. The average Bonchev–Trinajstić information content (AvgIpc) is 2.90. The number of aryl methyl sites for hydroxylation is 1. The highest BCUT2D eigenvalue weighted by molar-refractivity contribution is 8.00. The van der Waals surface area contributed by atoms with Gasteiger partial charge in [-0.3, -0.25) is 14.9 Å². The number of nitro benzene ring substituents is 1. The summed E-state index contributed by atoms with van der Waals surface area (Å²) in [6, 6.07) is 27.8. The SMILES string of the molecule is Cc1cc([N+](=O)[O-])ccc1NC(=O)[C@H](C)Sc1nc(-c2ccccc2)cc(-c2ccccc2)c1C#N. The number of hydrogen-bond acceptors (Lipinski definition) is 6. The lowest BCUT2D eigenvalue weighted by molar-refractivity contribution is -0.384. The Balaban J connectivity index is 1.68. The Morgan fingerprint density at radius 1 is 1.03 bits per heavy atom. The van der Waals surface area contributed by atoms with Crippen LogP contribution in [0.4, 0.5) is 11.4 Å². The molecule has 1 heterocycles. The van der Waals surface area contributed by atoms with Crippen molar-refractivity contribution in [2.75, 3.05) is 5.32 Å². The van der Waals surface area contributed by atoms with Crippen LogP contribution in [0.25, 0.3) is 22.4 Å². The predicted molar refractivity (Wildman–Crippen MR) is 142 cm³/mol. The van der Waals surface area contributed by atoms with Crippen molar-refractivity contribution in [3.63, 3.8) is 0 Å². The third-order valence-corrected chi connectivity index (χ3v) is 6.68. The van der Waals surface area contributed by atoms with E-state index in [4.69, 9.17) is 4.98 Å². The number of nitriles is 1. The molecular weight excluding hydrogens is 472 g/mol. The number of nitro groups is 1. The number of nitrogens with zero attached hydrogens (tertiary/aromatic N) is 3. The molecule has 178 valence electrons. The molecule has 0 radical (unpaired) electrons. The molecule has 3 aromatic carbocycles. The highest BCUT2D eigenvalue weighted by atomic mass is 32.2. The van der Waals surface area contributed by atoms with Crippen LogP contribution in [0, 0.1) is 28.4 Å². The van der Waals surface area contributed by atoms with Crippen LogP contribution >= 0.6 is 11.8 Å². The summed E-state index contributed by atoms with van der Waals surface area (Å²) in [7, 11) is 0. The normalized spacial score (nSPS) is 11.4. The van der Waals surface area contributed by atoms with E-state index in [9.17, 15) is 20.2 Å². The first kappa shape index (κ1) is 24.6. The number of carbonyl (C=O) groups excluding carboxylic acids is 1. The molecule has 0 aliphatic heterocycles. The van der Waals surface area contributed by atoms with Gasteiger partial charge in [0.25, 0.3) is 5.69 Å². The van der Waals surface area contributed by atoms with Crippen LogP contribution in [0.3, 0.4) is 0 Å². The maximum absolute atomic E-state index is 13.0. The number of thioether (sulfide) groups is 1. The number of amides is 1. The third-order valence-electron chi connectivity index (χ3n) is 5.59.